The summed E-state index contributed by atoms with van der Waals surface area (Å²) in [6, 6.07) is 8.33. The molecule has 7 heteroatoms. The van der Waals surface area contributed by atoms with E-state index in [1.165, 1.54) is 6.07 Å². The monoisotopic (exact) mass is 366 g/mol. The second-order valence-corrected chi connectivity index (χ2v) is 6.20. The minimum atomic E-state index is -0.923. The molecule has 2 aromatic carbocycles. The third kappa shape index (κ3) is 4.76. The van der Waals surface area contributed by atoms with Crippen molar-refractivity contribution in [2.75, 3.05) is 5.32 Å². The normalized spacial score (nSPS) is 11.9. The van der Waals surface area contributed by atoms with Gasteiger partial charge in [-0.2, -0.15) is 0 Å². The molecule has 132 valence electrons. The van der Waals surface area contributed by atoms with E-state index in [2.05, 4.69) is 10.6 Å². The molecule has 0 fully saturated rings. The molecule has 2 N–H and O–H groups in total. The lowest BCUT2D eigenvalue weighted by molar-refractivity contribution is -0.118. The summed E-state index contributed by atoms with van der Waals surface area (Å²) in [6.07, 6.45) is 0. The molecule has 0 aliphatic rings. The van der Waals surface area contributed by atoms with E-state index in [1.807, 2.05) is 0 Å². The Hall–Kier alpha value is -2.47. The molecule has 0 bridgehead atoms. The Morgan fingerprint density at radius 3 is 2.36 bits per heavy atom. The highest BCUT2D eigenvalue weighted by molar-refractivity contribution is 6.33. The van der Waals surface area contributed by atoms with Gasteiger partial charge in [0.15, 0.2) is 0 Å². The molecule has 4 nitrogen and oxygen atoms in total. The second kappa shape index (κ2) is 8.07. The predicted molar refractivity (Wildman–Crippen MR) is 92.5 cm³/mol. The van der Waals surface area contributed by atoms with Crippen LogP contribution in [0.25, 0.3) is 0 Å². The maximum Gasteiger partial charge on any atom is 0.253 e. The average Bonchev–Trinajstić information content (AvgIpc) is 2.55. The fourth-order valence-electron chi connectivity index (χ4n) is 2.20. The zero-order valence-electron chi connectivity index (χ0n) is 13.6. The van der Waals surface area contributed by atoms with Gasteiger partial charge in [-0.05, 0) is 30.2 Å². The number of carbonyl (C=O) groups excluding carboxylic acids is 2. The van der Waals surface area contributed by atoms with Crippen molar-refractivity contribution in [1.29, 1.82) is 0 Å². The molecule has 2 amide bonds. The zero-order chi connectivity index (χ0) is 18.6. The predicted octanol–water partition coefficient (Wildman–Crippen LogP) is 4.01. The molecule has 25 heavy (non-hydrogen) atoms. The van der Waals surface area contributed by atoms with Crippen LogP contribution in [-0.2, 0) is 4.79 Å². The van der Waals surface area contributed by atoms with Crippen molar-refractivity contribution in [3.05, 3.63) is 64.7 Å². The van der Waals surface area contributed by atoms with Gasteiger partial charge < -0.3 is 10.6 Å². The molecule has 0 saturated heterocycles. The molecule has 1 atom stereocenters. The highest BCUT2D eigenvalue weighted by Crippen LogP contribution is 2.18. The summed E-state index contributed by atoms with van der Waals surface area (Å²) in [7, 11) is 0. The van der Waals surface area contributed by atoms with Gasteiger partial charge in [0.05, 0.1) is 16.3 Å². The van der Waals surface area contributed by atoms with E-state index in [1.54, 1.807) is 32.0 Å². The van der Waals surface area contributed by atoms with Gasteiger partial charge in [-0.15, -0.1) is 0 Å². The first kappa shape index (κ1) is 18.9. The number of hydrogen-bond donors (Lipinski definition) is 2. The van der Waals surface area contributed by atoms with Crippen molar-refractivity contribution in [3.63, 3.8) is 0 Å². The van der Waals surface area contributed by atoms with Gasteiger partial charge in [-0.1, -0.05) is 37.6 Å². The molecule has 2 rings (SSSR count). The summed E-state index contributed by atoms with van der Waals surface area (Å²) < 4.78 is 26.6. The first-order valence-electron chi connectivity index (χ1n) is 7.61. The van der Waals surface area contributed by atoms with Gasteiger partial charge in [-0.25, -0.2) is 8.78 Å². The minimum absolute atomic E-state index is 0.163. The third-order valence-electron chi connectivity index (χ3n) is 3.54. The maximum atomic E-state index is 13.7. The van der Waals surface area contributed by atoms with Crippen LogP contribution in [0.2, 0.25) is 5.02 Å². The minimum Gasteiger partial charge on any atom is -0.340 e. The number of rotatable bonds is 5. The van der Waals surface area contributed by atoms with Gasteiger partial charge in [0, 0.05) is 6.07 Å². The van der Waals surface area contributed by atoms with Crippen LogP contribution in [0, 0.1) is 17.6 Å². The zero-order valence-corrected chi connectivity index (χ0v) is 14.4. The smallest absolute Gasteiger partial charge is 0.253 e. The molecule has 0 aliphatic heterocycles. The number of anilines is 1. The van der Waals surface area contributed by atoms with E-state index in [4.69, 9.17) is 11.6 Å². The molecule has 0 radical (unpaired) electrons. The first-order chi connectivity index (χ1) is 11.8. The van der Waals surface area contributed by atoms with Crippen LogP contribution in [0.4, 0.5) is 14.5 Å². The summed E-state index contributed by atoms with van der Waals surface area (Å²) in [5, 5.41) is 5.21. The van der Waals surface area contributed by atoms with E-state index in [9.17, 15) is 18.4 Å². The second-order valence-electron chi connectivity index (χ2n) is 5.79. The Balaban J connectivity index is 2.16. The fourth-order valence-corrected chi connectivity index (χ4v) is 2.42. The highest BCUT2D eigenvalue weighted by atomic mass is 35.5. The molecule has 0 aliphatic carbocycles. The Bertz CT molecular complexity index is 796. The average molecular weight is 367 g/mol. The molecule has 2 aromatic rings. The highest BCUT2D eigenvalue weighted by Gasteiger charge is 2.26. The number of halogens is 3. The number of carbonyl (C=O) groups is 2. The van der Waals surface area contributed by atoms with Gasteiger partial charge in [0.25, 0.3) is 5.91 Å². The van der Waals surface area contributed by atoms with Crippen LogP contribution in [0.15, 0.2) is 42.5 Å². The molecule has 0 heterocycles. The van der Waals surface area contributed by atoms with Crippen molar-refractivity contribution in [1.82, 2.24) is 5.32 Å². The maximum absolute atomic E-state index is 13.7. The molecule has 0 aromatic heterocycles. The van der Waals surface area contributed by atoms with E-state index in [-0.39, 0.29) is 22.2 Å². The fraction of sp³-hybridized carbons (Fsp3) is 0.222. The third-order valence-corrected chi connectivity index (χ3v) is 3.87. The lowest BCUT2D eigenvalue weighted by atomic mass is 10.0. The van der Waals surface area contributed by atoms with Crippen LogP contribution in [-0.4, -0.2) is 17.9 Å². The number of benzene rings is 2. The number of amides is 2. The van der Waals surface area contributed by atoms with Gasteiger partial charge in [-0.3, -0.25) is 9.59 Å². The van der Waals surface area contributed by atoms with Gasteiger partial charge >= 0.3 is 0 Å². The Kier molecular flexibility index (Phi) is 6.09. The van der Waals surface area contributed by atoms with Crippen molar-refractivity contribution >= 4 is 29.1 Å². The van der Waals surface area contributed by atoms with Gasteiger partial charge in [0.2, 0.25) is 5.91 Å². The van der Waals surface area contributed by atoms with Crippen molar-refractivity contribution in [3.8, 4) is 0 Å². The summed E-state index contributed by atoms with van der Waals surface area (Å²) in [5.41, 5.74) is 0.0691. The SMILES string of the molecule is CC(C)[C@H](NC(=O)c1ccccc1Cl)C(=O)Nc1ccc(F)cc1F. The van der Waals surface area contributed by atoms with Crippen LogP contribution in [0.3, 0.4) is 0 Å². The summed E-state index contributed by atoms with van der Waals surface area (Å²) in [6.45, 7) is 3.47. The Morgan fingerprint density at radius 1 is 1.08 bits per heavy atom. The van der Waals surface area contributed by atoms with Gasteiger partial charge in [0.1, 0.15) is 17.7 Å². The van der Waals surface area contributed by atoms with Crippen molar-refractivity contribution in [2.24, 2.45) is 5.92 Å². The van der Waals surface area contributed by atoms with Crippen LogP contribution >= 0.6 is 11.6 Å². The van der Waals surface area contributed by atoms with Crippen molar-refractivity contribution in [2.45, 2.75) is 19.9 Å². The quantitative estimate of drug-likeness (QED) is 0.840. The van der Waals surface area contributed by atoms with E-state index < -0.39 is 29.5 Å². The molecular weight excluding hydrogens is 350 g/mol. The lowest BCUT2D eigenvalue weighted by Crippen LogP contribution is -2.47. The van der Waals surface area contributed by atoms with Crippen LogP contribution in [0.1, 0.15) is 24.2 Å². The summed E-state index contributed by atoms with van der Waals surface area (Å²) in [4.78, 5) is 24.8. The van der Waals surface area contributed by atoms with E-state index in [0.29, 0.717) is 6.07 Å². The topological polar surface area (TPSA) is 58.2 Å². The standard InChI is InChI=1S/C18H17ClF2N2O2/c1-10(2)16(23-17(24)12-5-3-4-6-13(12)19)18(25)22-15-8-7-11(20)9-14(15)21/h3-10,16H,1-2H3,(H,22,25)(H,23,24)/t16-/m0/s1. The first-order valence-corrected chi connectivity index (χ1v) is 7.98. The Labute approximate surface area is 149 Å². The van der Waals surface area contributed by atoms with Crippen molar-refractivity contribution < 1.29 is 18.4 Å². The number of hydrogen-bond acceptors (Lipinski definition) is 2. The molecule has 0 spiro atoms. The van der Waals surface area contributed by atoms with Crippen LogP contribution in [0.5, 0.6) is 0 Å². The number of nitrogens with one attached hydrogen (secondary N) is 2. The molecule has 0 saturated carbocycles. The van der Waals surface area contributed by atoms with E-state index in [0.717, 1.165) is 12.1 Å². The Morgan fingerprint density at radius 2 is 1.76 bits per heavy atom. The molecule has 0 unspecified atom stereocenters. The van der Waals surface area contributed by atoms with Crippen LogP contribution < -0.4 is 10.6 Å². The summed E-state index contributed by atoms with van der Waals surface area (Å²) in [5.74, 6) is -3.04. The van der Waals surface area contributed by atoms with E-state index >= 15 is 0 Å². The lowest BCUT2D eigenvalue weighted by Gasteiger charge is -2.22. The molecular formula is C18H17ClF2N2O2. The summed E-state index contributed by atoms with van der Waals surface area (Å²) >= 11 is 5.98. The largest absolute Gasteiger partial charge is 0.340 e.